The van der Waals surface area contributed by atoms with E-state index in [1.165, 1.54) is 81.8 Å². The fraction of sp³-hybridized carbons (Fsp3) is 0.529. The van der Waals surface area contributed by atoms with Crippen LogP contribution in [-0.2, 0) is 25.7 Å². The molecule has 0 aliphatic carbocycles. The van der Waals surface area contributed by atoms with E-state index >= 15 is 0 Å². The van der Waals surface area contributed by atoms with Crippen LogP contribution in [-0.4, -0.2) is 9.97 Å². The Morgan fingerprint density at radius 1 is 0.541 bits per heavy atom. The van der Waals surface area contributed by atoms with Crippen LogP contribution in [0.2, 0.25) is 0 Å². The van der Waals surface area contributed by atoms with Gasteiger partial charge < -0.3 is 0 Å². The van der Waals surface area contributed by atoms with Gasteiger partial charge in [0.05, 0.1) is 0 Å². The highest BCUT2D eigenvalue weighted by Gasteiger charge is 2.06. The highest BCUT2D eigenvalue weighted by molar-refractivity contribution is 5.55. The van der Waals surface area contributed by atoms with Crippen LogP contribution in [0.4, 0.5) is 4.39 Å². The van der Waals surface area contributed by atoms with E-state index in [-0.39, 0.29) is 5.82 Å². The molecule has 3 rings (SSSR count). The van der Waals surface area contributed by atoms with Crippen LogP contribution >= 0.6 is 0 Å². The Kier molecular flexibility index (Phi) is 13.4. The van der Waals surface area contributed by atoms with Crippen molar-refractivity contribution in [2.24, 2.45) is 0 Å². The molecule has 0 unspecified atom stereocenters. The number of aromatic nitrogens is 2. The predicted octanol–water partition coefficient (Wildman–Crippen LogP) is 9.87. The average molecular weight is 503 g/mol. The Morgan fingerprint density at radius 3 is 1.70 bits per heavy atom. The molecule has 200 valence electrons. The Morgan fingerprint density at radius 2 is 1.08 bits per heavy atom. The molecular formula is C34H47FN2. The SMILES string of the molecule is CCCCCCCCc1cnc(-c2ccc(CCc3ccc(CCCCCCCC)c(F)c3)cc2)nc1. The van der Waals surface area contributed by atoms with Crippen molar-refractivity contribution in [1.29, 1.82) is 0 Å². The average Bonchev–Trinajstić information content (AvgIpc) is 2.93. The van der Waals surface area contributed by atoms with Gasteiger partial charge >= 0.3 is 0 Å². The molecule has 0 radical (unpaired) electrons. The number of halogens is 1. The summed E-state index contributed by atoms with van der Waals surface area (Å²) in [5.41, 5.74) is 5.44. The first kappa shape index (κ1) is 29.0. The van der Waals surface area contributed by atoms with E-state index in [9.17, 15) is 4.39 Å². The third kappa shape index (κ3) is 10.8. The molecule has 0 saturated heterocycles. The molecule has 0 aliphatic rings. The molecule has 0 fully saturated rings. The van der Waals surface area contributed by atoms with E-state index < -0.39 is 0 Å². The zero-order valence-electron chi connectivity index (χ0n) is 23.3. The number of hydrogen-bond donors (Lipinski definition) is 0. The smallest absolute Gasteiger partial charge is 0.159 e. The summed E-state index contributed by atoms with van der Waals surface area (Å²) in [5.74, 6) is 0.736. The third-order valence-electron chi connectivity index (χ3n) is 7.36. The zero-order valence-corrected chi connectivity index (χ0v) is 23.3. The highest BCUT2D eigenvalue weighted by atomic mass is 19.1. The van der Waals surface area contributed by atoms with Crippen LogP contribution in [0, 0.1) is 5.82 Å². The largest absolute Gasteiger partial charge is 0.236 e. The first-order chi connectivity index (χ1) is 18.2. The number of hydrogen-bond acceptors (Lipinski definition) is 2. The van der Waals surface area contributed by atoms with Crippen LogP contribution in [0.15, 0.2) is 54.9 Å². The van der Waals surface area contributed by atoms with Gasteiger partial charge in [-0.25, -0.2) is 14.4 Å². The zero-order chi connectivity index (χ0) is 26.1. The lowest BCUT2D eigenvalue weighted by molar-refractivity contribution is 0.579. The van der Waals surface area contributed by atoms with Crippen LogP contribution < -0.4 is 0 Å². The standard InChI is InChI=1S/C34H47FN2/c1-3-5-7-9-11-13-15-30-26-36-34(37-27-30)32-23-19-28(20-24-32)17-18-29-21-22-31(33(35)25-29)16-14-12-10-8-6-4-2/h19-27H,3-18H2,1-2H3. The first-order valence-electron chi connectivity index (χ1n) is 14.9. The molecular weight excluding hydrogens is 455 g/mol. The normalized spacial score (nSPS) is 11.2. The molecule has 37 heavy (non-hydrogen) atoms. The summed E-state index contributed by atoms with van der Waals surface area (Å²) in [6, 6.07) is 14.3. The number of nitrogens with zero attached hydrogens (tertiary/aromatic N) is 2. The second kappa shape index (κ2) is 17.1. The minimum absolute atomic E-state index is 0.0431. The fourth-order valence-electron chi connectivity index (χ4n) is 4.90. The van der Waals surface area contributed by atoms with Gasteiger partial charge in [0.25, 0.3) is 0 Å². The highest BCUT2D eigenvalue weighted by Crippen LogP contribution is 2.19. The van der Waals surface area contributed by atoms with E-state index in [0.29, 0.717) is 0 Å². The molecule has 3 aromatic rings. The quantitative estimate of drug-likeness (QED) is 0.162. The number of rotatable bonds is 18. The van der Waals surface area contributed by atoms with Gasteiger partial charge in [-0.15, -0.1) is 0 Å². The van der Waals surface area contributed by atoms with Crippen molar-refractivity contribution < 1.29 is 4.39 Å². The van der Waals surface area contributed by atoms with Gasteiger partial charge in [0.2, 0.25) is 0 Å². The molecule has 0 N–H and O–H groups in total. The molecule has 0 spiro atoms. The lowest BCUT2D eigenvalue weighted by atomic mass is 9.99. The van der Waals surface area contributed by atoms with E-state index in [2.05, 4.69) is 54.1 Å². The first-order valence-corrected chi connectivity index (χ1v) is 14.9. The summed E-state index contributed by atoms with van der Waals surface area (Å²) in [4.78, 5) is 9.21. The summed E-state index contributed by atoms with van der Waals surface area (Å²) in [5, 5.41) is 0. The van der Waals surface area contributed by atoms with E-state index in [4.69, 9.17) is 0 Å². The maximum Gasteiger partial charge on any atom is 0.159 e. The molecule has 0 aliphatic heterocycles. The maximum atomic E-state index is 14.6. The molecule has 3 heteroatoms. The lowest BCUT2D eigenvalue weighted by Crippen LogP contribution is -1.97. The number of aryl methyl sites for hydroxylation is 4. The van der Waals surface area contributed by atoms with E-state index in [1.54, 1.807) is 6.07 Å². The molecule has 2 nitrogen and oxygen atoms in total. The second-order valence-corrected chi connectivity index (χ2v) is 10.6. The van der Waals surface area contributed by atoms with Crippen LogP contribution in [0.1, 0.15) is 113 Å². The van der Waals surface area contributed by atoms with Crippen molar-refractivity contribution in [2.45, 2.75) is 117 Å². The molecule has 2 aromatic carbocycles. The van der Waals surface area contributed by atoms with Crippen molar-refractivity contribution in [3.05, 3.63) is 82.9 Å². The van der Waals surface area contributed by atoms with Crippen molar-refractivity contribution in [2.75, 3.05) is 0 Å². The van der Waals surface area contributed by atoms with Crippen molar-refractivity contribution in [1.82, 2.24) is 9.97 Å². The molecule has 1 heterocycles. The number of unbranched alkanes of at least 4 members (excludes halogenated alkanes) is 10. The lowest BCUT2D eigenvalue weighted by Gasteiger charge is -2.08. The second-order valence-electron chi connectivity index (χ2n) is 10.6. The maximum absolute atomic E-state index is 14.6. The Hall–Kier alpha value is -2.55. The molecule has 0 atom stereocenters. The Bertz CT molecular complexity index is 1010. The van der Waals surface area contributed by atoms with Crippen LogP contribution in [0.3, 0.4) is 0 Å². The minimum atomic E-state index is -0.0431. The molecule has 0 amide bonds. The van der Waals surface area contributed by atoms with E-state index in [0.717, 1.165) is 54.6 Å². The van der Waals surface area contributed by atoms with Gasteiger partial charge in [0.1, 0.15) is 5.82 Å². The minimum Gasteiger partial charge on any atom is -0.236 e. The van der Waals surface area contributed by atoms with Crippen LogP contribution in [0.25, 0.3) is 11.4 Å². The van der Waals surface area contributed by atoms with Crippen molar-refractivity contribution in [3.63, 3.8) is 0 Å². The van der Waals surface area contributed by atoms with Gasteiger partial charge in [0, 0.05) is 18.0 Å². The van der Waals surface area contributed by atoms with Crippen molar-refractivity contribution >= 4 is 0 Å². The molecule has 0 saturated carbocycles. The van der Waals surface area contributed by atoms with Crippen LogP contribution in [0.5, 0.6) is 0 Å². The van der Waals surface area contributed by atoms with E-state index in [1.807, 2.05) is 18.5 Å². The van der Waals surface area contributed by atoms with Gasteiger partial charge in [-0.3, -0.25) is 0 Å². The van der Waals surface area contributed by atoms with Gasteiger partial charge in [-0.05, 0) is 66.8 Å². The number of benzene rings is 2. The summed E-state index contributed by atoms with van der Waals surface area (Å²) in [6.45, 7) is 4.49. The van der Waals surface area contributed by atoms with Gasteiger partial charge in [0.15, 0.2) is 5.82 Å². The topological polar surface area (TPSA) is 25.8 Å². The fourth-order valence-corrected chi connectivity index (χ4v) is 4.90. The Labute approximate surface area is 225 Å². The predicted molar refractivity (Wildman–Crippen MR) is 155 cm³/mol. The molecule has 0 bridgehead atoms. The summed E-state index contributed by atoms with van der Waals surface area (Å²) in [6.07, 6.45) is 22.9. The van der Waals surface area contributed by atoms with Gasteiger partial charge in [-0.2, -0.15) is 0 Å². The Balaban J connectivity index is 1.41. The monoisotopic (exact) mass is 502 g/mol. The van der Waals surface area contributed by atoms with Crippen molar-refractivity contribution in [3.8, 4) is 11.4 Å². The van der Waals surface area contributed by atoms with Gasteiger partial charge in [-0.1, -0.05) is 114 Å². The summed E-state index contributed by atoms with van der Waals surface area (Å²) in [7, 11) is 0. The third-order valence-corrected chi connectivity index (χ3v) is 7.36. The molecule has 1 aromatic heterocycles. The summed E-state index contributed by atoms with van der Waals surface area (Å²) < 4.78 is 14.6. The summed E-state index contributed by atoms with van der Waals surface area (Å²) >= 11 is 0.